The van der Waals surface area contributed by atoms with Crippen molar-refractivity contribution in [2.75, 3.05) is 10.6 Å². The number of nitrogens with one attached hydrogen (secondary N) is 3. The van der Waals surface area contributed by atoms with Gasteiger partial charge in [0.2, 0.25) is 0 Å². The molecule has 0 spiro atoms. The number of fused-ring (bicyclic) bond motifs is 2. The van der Waals surface area contributed by atoms with E-state index in [1.54, 1.807) is 61.1 Å². The van der Waals surface area contributed by atoms with Crippen LogP contribution in [0.25, 0.3) is 21.9 Å². The van der Waals surface area contributed by atoms with Crippen LogP contribution in [0.1, 0.15) is 8.30 Å². The predicted molar refractivity (Wildman–Crippen MR) is 124 cm³/mol. The number of hydrogen-bond acceptors (Lipinski definition) is 2. The molecule has 0 bridgehead atoms. The Morgan fingerprint density at radius 1 is 1.13 bits per heavy atom. The summed E-state index contributed by atoms with van der Waals surface area (Å²) in [5.41, 5.74) is 2.17. The van der Waals surface area contributed by atoms with Gasteiger partial charge in [-0.2, -0.15) is 0 Å². The normalized spacial score (nSPS) is 12.6. The zero-order valence-electron chi connectivity index (χ0n) is 18.0. The fourth-order valence-corrected chi connectivity index (χ4v) is 3.79. The van der Waals surface area contributed by atoms with E-state index in [-0.39, 0.29) is 5.69 Å². The Balaban J connectivity index is 1.49. The van der Waals surface area contributed by atoms with Crippen LogP contribution in [0, 0.1) is 5.82 Å². The summed E-state index contributed by atoms with van der Waals surface area (Å²) in [6.45, 7) is -1.88. The van der Waals surface area contributed by atoms with E-state index in [9.17, 15) is 9.18 Å². The van der Waals surface area contributed by atoms with Gasteiger partial charge in [0.05, 0.1) is 19.6 Å². The summed E-state index contributed by atoms with van der Waals surface area (Å²) in [6.07, 6.45) is 4.93. The van der Waals surface area contributed by atoms with Crippen LogP contribution < -0.4 is 10.6 Å². The minimum atomic E-state index is -1.88. The molecule has 0 unspecified atom stereocenters. The number of H-pyrrole nitrogens is 1. The highest BCUT2D eigenvalue weighted by molar-refractivity contribution is 9.10. The van der Waals surface area contributed by atoms with E-state index in [2.05, 4.69) is 36.5 Å². The quantitative estimate of drug-likeness (QED) is 0.290. The molecule has 2 amide bonds. The topological polar surface area (TPSA) is 74.7 Å². The monoisotopic (exact) mass is 479 g/mol. The van der Waals surface area contributed by atoms with E-state index in [0.29, 0.717) is 37.7 Å². The van der Waals surface area contributed by atoms with Crippen molar-refractivity contribution in [3.8, 4) is 0 Å². The third-order valence-electron chi connectivity index (χ3n) is 4.86. The second-order valence-corrected chi connectivity index (χ2v) is 7.75. The molecule has 0 radical (unpaired) electrons. The maximum absolute atomic E-state index is 14.0. The van der Waals surface area contributed by atoms with Gasteiger partial charge < -0.3 is 20.2 Å². The predicted octanol–water partition coefficient (Wildman–Crippen LogP) is 6.11. The fourth-order valence-electron chi connectivity index (χ4n) is 3.43. The fraction of sp³-hybridized carbons (Fsp3) is 0.0435. The first kappa shape index (κ1) is 17.1. The lowest BCUT2D eigenvalue weighted by Gasteiger charge is -2.11. The summed E-state index contributed by atoms with van der Waals surface area (Å²) >= 11 is 3.26. The highest BCUT2D eigenvalue weighted by Gasteiger charge is 2.12. The standard InChI is InChI=1S/C23H17BrFN5O/c24-15-4-5-18(25)20(12-15)29-23(31)28-19-2-1-3-21-17(19)8-11-30(21)13-14-6-9-26-22-16(14)7-10-27-22/h1-12H,13H2,(H,26,27)(H2,28,29,31)/i13D2. The number of rotatable bonds is 4. The molecular formula is C23H17BrFN5O. The number of anilines is 2. The molecule has 2 aromatic carbocycles. The lowest BCUT2D eigenvalue weighted by molar-refractivity contribution is 0.262. The van der Waals surface area contributed by atoms with Crippen molar-refractivity contribution in [1.82, 2.24) is 14.5 Å². The minimum absolute atomic E-state index is 0.0381. The van der Waals surface area contributed by atoms with Gasteiger partial charge in [0.25, 0.3) is 0 Å². The third kappa shape index (κ3) is 3.77. The number of aromatic nitrogens is 3. The summed E-state index contributed by atoms with van der Waals surface area (Å²) < 4.78 is 33.9. The first-order valence-electron chi connectivity index (χ1n) is 10.4. The molecule has 31 heavy (non-hydrogen) atoms. The summed E-state index contributed by atoms with van der Waals surface area (Å²) in [7, 11) is 0. The molecule has 0 saturated heterocycles. The minimum Gasteiger partial charge on any atom is -0.346 e. The first-order valence-corrected chi connectivity index (χ1v) is 10.2. The van der Waals surface area contributed by atoms with Gasteiger partial charge in [-0.05, 0) is 54.1 Å². The molecule has 0 aliphatic heterocycles. The summed E-state index contributed by atoms with van der Waals surface area (Å²) in [5.74, 6) is -0.556. The van der Waals surface area contributed by atoms with Crippen LogP contribution in [0.2, 0.25) is 0 Å². The lowest BCUT2D eigenvalue weighted by Crippen LogP contribution is -2.20. The second kappa shape index (κ2) is 7.88. The van der Waals surface area contributed by atoms with Crippen molar-refractivity contribution in [1.29, 1.82) is 0 Å². The molecule has 3 heterocycles. The van der Waals surface area contributed by atoms with Gasteiger partial charge in [-0.15, -0.1) is 0 Å². The Hall–Kier alpha value is -3.65. The van der Waals surface area contributed by atoms with Crippen LogP contribution in [0.4, 0.5) is 20.6 Å². The molecule has 0 fully saturated rings. The van der Waals surface area contributed by atoms with Crippen LogP contribution in [-0.4, -0.2) is 20.6 Å². The molecule has 0 saturated carbocycles. The Bertz CT molecular complexity index is 1510. The highest BCUT2D eigenvalue weighted by Crippen LogP contribution is 2.27. The number of amides is 2. The van der Waals surface area contributed by atoms with Gasteiger partial charge in [-0.3, -0.25) is 0 Å². The van der Waals surface area contributed by atoms with Gasteiger partial charge >= 0.3 is 6.03 Å². The first-order chi connectivity index (χ1) is 15.8. The Kier molecular flexibility index (Phi) is 4.34. The van der Waals surface area contributed by atoms with Crippen LogP contribution in [0.15, 0.2) is 77.7 Å². The van der Waals surface area contributed by atoms with Crippen molar-refractivity contribution in [3.63, 3.8) is 0 Å². The summed E-state index contributed by atoms with van der Waals surface area (Å²) in [6, 6.07) is 14.0. The Morgan fingerprint density at radius 3 is 2.90 bits per heavy atom. The van der Waals surface area contributed by atoms with Gasteiger partial charge in [0.1, 0.15) is 11.5 Å². The van der Waals surface area contributed by atoms with Crippen molar-refractivity contribution < 1.29 is 11.9 Å². The van der Waals surface area contributed by atoms with E-state index < -0.39 is 18.3 Å². The molecule has 3 aromatic heterocycles. The molecular weight excluding hydrogens is 461 g/mol. The molecule has 0 aliphatic rings. The number of pyridine rings is 1. The zero-order chi connectivity index (χ0) is 23.2. The number of aromatic amines is 1. The Morgan fingerprint density at radius 2 is 2.00 bits per heavy atom. The summed E-state index contributed by atoms with van der Waals surface area (Å²) in [5, 5.41) is 6.56. The number of hydrogen-bond donors (Lipinski definition) is 3. The number of halogens is 2. The number of carbonyl (C=O) groups is 1. The smallest absolute Gasteiger partial charge is 0.323 e. The van der Waals surface area contributed by atoms with E-state index in [4.69, 9.17) is 2.74 Å². The highest BCUT2D eigenvalue weighted by atomic mass is 79.9. The molecule has 0 atom stereocenters. The lowest BCUT2D eigenvalue weighted by atomic mass is 10.2. The molecule has 5 rings (SSSR count). The van der Waals surface area contributed by atoms with Crippen LogP contribution >= 0.6 is 15.9 Å². The SMILES string of the molecule is [2H]C([2H])(c1ccnc2[nH]ccc12)n1ccc2c(NC(=O)Nc3cc(Br)ccc3F)cccc21. The third-order valence-corrected chi connectivity index (χ3v) is 5.35. The average molecular weight is 480 g/mol. The van der Waals surface area contributed by atoms with Gasteiger partial charge in [0.15, 0.2) is 0 Å². The second-order valence-electron chi connectivity index (χ2n) is 6.84. The van der Waals surface area contributed by atoms with E-state index in [1.807, 2.05) is 0 Å². The average Bonchev–Trinajstić information content (AvgIpc) is 3.44. The van der Waals surface area contributed by atoms with Crippen LogP contribution in [0.5, 0.6) is 0 Å². The van der Waals surface area contributed by atoms with Gasteiger partial charge in [-0.25, -0.2) is 14.2 Å². The van der Waals surface area contributed by atoms with Crippen molar-refractivity contribution in [2.45, 2.75) is 6.50 Å². The van der Waals surface area contributed by atoms with E-state index in [1.165, 1.54) is 16.7 Å². The van der Waals surface area contributed by atoms with Crippen molar-refractivity contribution in [2.24, 2.45) is 0 Å². The molecule has 8 heteroatoms. The number of benzene rings is 2. The van der Waals surface area contributed by atoms with Gasteiger partial charge in [-0.1, -0.05) is 22.0 Å². The number of nitrogens with zero attached hydrogens (tertiary/aromatic N) is 2. The van der Waals surface area contributed by atoms with E-state index >= 15 is 0 Å². The summed E-state index contributed by atoms with van der Waals surface area (Å²) in [4.78, 5) is 19.8. The van der Waals surface area contributed by atoms with E-state index in [0.717, 1.165) is 0 Å². The van der Waals surface area contributed by atoms with Crippen molar-refractivity contribution in [3.05, 3.63) is 89.0 Å². The Labute approximate surface area is 188 Å². The molecule has 5 aromatic rings. The van der Waals surface area contributed by atoms with Crippen LogP contribution in [0.3, 0.4) is 0 Å². The van der Waals surface area contributed by atoms with Crippen LogP contribution in [-0.2, 0) is 6.50 Å². The number of carbonyl (C=O) groups excluding carboxylic acids is 1. The molecule has 6 nitrogen and oxygen atoms in total. The zero-order valence-corrected chi connectivity index (χ0v) is 17.6. The maximum Gasteiger partial charge on any atom is 0.323 e. The molecule has 3 N–H and O–H groups in total. The maximum atomic E-state index is 14.0. The van der Waals surface area contributed by atoms with Gasteiger partial charge in [0, 0.05) is 40.3 Å². The largest absolute Gasteiger partial charge is 0.346 e. The van der Waals surface area contributed by atoms with Crippen molar-refractivity contribution >= 4 is 55.3 Å². The molecule has 154 valence electrons. The molecule has 0 aliphatic carbocycles. The number of urea groups is 1.